The SMILES string of the molecule is N[C@@H](C/C=C1/C=CC=CC1)C(=O)O. The lowest BCUT2D eigenvalue weighted by atomic mass is 10.0. The zero-order valence-electron chi connectivity index (χ0n) is 7.31. The fourth-order valence-electron chi connectivity index (χ4n) is 1.06. The smallest absolute Gasteiger partial charge is 0.320 e. The van der Waals surface area contributed by atoms with Crippen LogP contribution in [0.15, 0.2) is 36.0 Å². The molecule has 1 atom stereocenters. The molecule has 0 saturated heterocycles. The number of hydrogen-bond acceptors (Lipinski definition) is 2. The standard InChI is InChI=1S/C10H13NO2/c11-9(10(12)13)7-6-8-4-2-1-3-5-8/h1-4,6,9H,5,7,11H2,(H,12,13)/b8-6-/t9-/m0/s1. The summed E-state index contributed by atoms with van der Waals surface area (Å²) in [5.74, 6) is -0.952. The second-order valence-electron chi connectivity index (χ2n) is 2.95. The first-order valence-electron chi connectivity index (χ1n) is 4.21. The van der Waals surface area contributed by atoms with Gasteiger partial charge < -0.3 is 10.8 Å². The lowest BCUT2D eigenvalue weighted by Crippen LogP contribution is -2.29. The average Bonchev–Trinajstić information content (AvgIpc) is 2.15. The van der Waals surface area contributed by atoms with Crippen molar-refractivity contribution in [2.75, 3.05) is 0 Å². The predicted molar refractivity (Wildman–Crippen MR) is 51.2 cm³/mol. The Morgan fingerprint density at radius 3 is 3.00 bits per heavy atom. The van der Waals surface area contributed by atoms with Crippen LogP contribution in [0.5, 0.6) is 0 Å². The van der Waals surface area contributed by atoms with Gasteiger partial charge >= 0.3 is 5.97 Å². The number of carboxylic acids is 1. The molecule has 0 radical (unpaired) electrons. The van der Waals surface area contributed by atoms with Gasteiger partial charge in [-0.3, -0.25) is 4.79 Å². The molecule has 3 N–H and O–H groups in total. The van der Waals surface area contributed by atoms with Crippen molar-refractivity contribution in [3.05, 3.63) is 36.0 Å². The van der Waals surface area contributed by atoms with E-state index in [0.717, 1.165) is 12.0 Å². The number of hydrogen-bond donors (Lipinski definition) is 2. The Labute approximate surface area is 77.2 Å². The van der Waals surface area contributed by atoms with E-state index in [2.05, 4.69) is 0 Å². The van der Waals surface area contributed by atoms with Gasteiger partial charge in [-0.05, 0) is 18.4 Å². The van der Waals surface area contributed by atoms with Crippen molar-refractivity contribution in [3.8, 4) is 0 Å². The van der Waals surface area contributed by atoms with E-state index >= 15 is 0 Å². The summed E-state index contributed by atoms with van der Waals surface area (Å²) in [7, 11) is 0. The average molecular weight is 179 g/mol. The third kappa shape index (κ3) is 3.25. The largest absolute Gasteiger partial charge is 0.480 e. The molecule has 0 heterocycles. The van der Waals surface area contributed by atoms with Crippen LogP contribution in [0.4, 0.5) is 0 Å². The van der Waals surface area contributed by atoms with Crippen molar-refractivity contribution < 1.29 is 9.90 Å². The van der Waals surface area contributed by atoms with Gasteiger partial charge in [-0.1, -0.05) is 30.4 Å². The molecular weight excluding hydrogens is 166 g/mol. The first-order valence-corrected chi connectivity index (χ1v) is 4.21. The topological polar surface area (TPSA) is 63.3 Å². The summed E-state index contributed by atoms with van der Waals surface area (Å²) in [6, 6.07) is -0.785. The van der Waals surface area contributed by atoms with Gasteiger partial charge in [-0.2, -0.15) is 0 Å². The zero-order valence-corrected chi connectivity index (χ0v) is 7.31. The van der Waals surface area contributed by atoms with Gasteiger partial charge in [-0.15, -0.1) is 0 Å². The summed E-state index contributed by atoms with van der Waals surface area (Å²) in [5, 5.41) is 8.53. The van der Waals surface area contributed by atoms with Crippen molar-refractivity contribution in [1.82, 2.24) is 0 Å². The molecule has 0 aromatic rings. The maximum atomic E-state index is 10.4. The van der Waals surface area contributed by atoms with E-state index in [-0.39, 0.29) is 0 Å². The van der Waals surface area contributed by atoms with Gasteiger partial charge in [0.1, 0.15) is 6.04 Å². The molecule has 1 aliphatic rings. The van der Waals surface area contributed by atoms with Gasteiger partial charge in [-0.25, -0.2) is 0 Å². The number of carboxylic acid groups (broad SMARTS) is 1. The number of aliphatic carboxylic acids is 1. The Bertz CT molecular complexity index is 277. The minimum absolute atomic E-state index is 0.392. The summed E-state index contributed by atoms with van der Waals surface area (Å²) in [6.07, 6.45) is 11.0. The molecule has 70 valence electrons. The summed E-state index contributed by atoms with van der Waals surface area (Å²) in [5.41, 5.74) is 6.47. The minimum Gasteiger partial charge on any atom is -0.480 e. The van der Waals surface area contributed by atoms with Gasteiger partial charge in [0, 0.05) is 0 Å². The fourth-order valence-corrected chi connectivity index (χ4v) is 1.06. The maximum Gasteiger partial charge on any atom is 0.320 e. The highest BCUT2D eigenvalue weighted by molar-refractivity contribution is 5.73. The molecule has 0 amide bonds. The molecule has 0 unspecified atom stereocenters. The third-order valence-corrected chi connectivity index (χ3v) is 1.86. The van der Waals surface area contributed by atoms with Gasteiger partial charge in [0.2, 0.25) is 0 Å². The molecule has 3 nitrogen and oxygen atoms in total. The lowest BCUT2D eigenvalue weighted by Gasteiger charge is -2.04. The quantitative estimate of drug-likeness (QED) is 0.685. The Hall–Kier alpha value is -1.35. The molecule has 3 heteroatoms. The molecule has 0 saturated carbocycles. The summed E-state index contributed by atoms with van der Waals surface area (Å²) < 4.78 is 0. The number of carbonyl (C=O) groups is 1. The Morgan fingerprint density at radius 1 is 1.69 bits per heavy atom. The summed E-state index contributed by atoms with van der Waals surface area (Å²) in [4.78, 5) is 10.4. The first kappa shape index (κ1) is 9.74. The molecule has 0 bridgehead atoms. The van der Waals surface area contributed by atoms with E-state index in [1.54, 1.807) is 0 Å². The number of nitrogens with two attached hydrogens (primary N) is 1. The third-order valence-electron chi connectivity index (χ3n) is 1.86. The van der Waals surface area contributed by atoms with Gasteiger partial charge in [0.25, 0.3) is 0 Å². The lowest BCUT2D eigenvalue weighted by molar-refractivity contribution is -0.138. The molecule has 0 aromatic carbocycles. The molecule has 0 fully saturated rings. The van der Waals surface area contributed by atoms with Crippen LogP contribution >= 0.6 is 0 Å². The highest BCUT2D eigenvalue weighted by atomic mass is 16.4. The monoisotopic (exact) mass is 179 g/mol. The summed E-state index contributed by atoms with van der Waals surface area (Å²) in [6.45, 7) is 0. The van der Waals surface area contributed by atoms with E-state index in [1.165, 1.54) is 0 Å². The van der Waals surface area contributed by atoms with Crippen molar-refractivity contribution in [2.24, 2.45) is 5.73 Å². The molecule has 1 aliphatic carbocycles. The van der Waals surface area contributed by atoms with Crippen molar-refractivity contribution >= 4 is 5.97 Å². The maximum absolute atomic E-state index is 10.4. The van der Waals surface area contributed by atoms with Crippen LogP contribution in [0.2, 0.25) is 0 Å². The minimum atomic E-state index is -0.952. The van der Waals surface area contributed by atoms with Crippen LogP contribution in [0.25, 0.3) is 0 Å². The van der Waals surface area contributed by atoms with Crippen LogP contribution in [0, 0.1) is 0 Å². The predicted octanol–water partition coefficient (Wildman–Crippen LogP) is 1.23. The Balaban J connectivity index is 2.44. The molecular formula is C10H13NO2. The highest BCUT2D eigenvalue weighted by Crippen LogP contribution is 2.11. The van der Waals surface area contributed by atoms with Crippen molar-refractivity contribution in [1.29, 1.82) is 0 Å². The molecule has 0 spiro atoms. The number of allylic oxidation sites excluding steroid dienone is 5. The second kappa shape index (κ2) is 4.62. The molecule has 1 rings (SSSR count). The fraction of sp³-hybridized carbons (Fsp3) is 0.300. The van der Waals surface area contributed by atoms with Crippen LogP contribution in [0.1, 0.15) is 12.8 Å². The normalized spacial score (nSPS) is 20.5. The van der Waals surface area contributed by atoms with E-state index in [1.807, 2.05) is 30.4 Å². The highest BCUT2D eigenvalue weighted by Gasteiger charge is 2.08. The molecule has 13 heavy (non-hydrogen) atoms. The van der Waals surface area contributed by atoms with Crippen LogP contribution in [-0.2, 0) is 4.79 Å². The van der Waals surface area contributed by atoms with Crippen LogP contribution < -0.4 is 5.73 Å². The first-order chi connectivity index (χ1) is 6.20. The number of rotatable bonds is 3. The van der Waals surface area contributed by atoms with Crippen LogP contribution in [0.3, 0.4) is 0 Å². The van der Waals surface area contributed by atoms with E-state index in [9.17, 15) is 4.79 Å². The van der Waals surface area contributed by atoms with E-state index in [4.69, 9.17) is 10.8 Å². The van der Waals surface area contributed by atoms with Crippen molar-refractivity contribution in [3.63, 3.8) is 0 Å². The van der Waals surface area contributed by atoms with Gasteiger partial charge in [0.15, 0.2) is 0 Å². The Kier molecular flexibility index (Phi) is 3.46. The van der Waals surface area contributed by atoms with Crippen LogP contribution in [-0.4, -0.2) is 17.1 Å². The van der Waals surface area contributed by atoms with Crippen molar-refractivity contribution in [2.45, 2.75) is 18.9 Å². The van der Waals surface area contributed by atoms with E-state index < -0.39 is 12.0 Å². The van der Waals surface area contributed by atoms with Gasteiger partial charge in [0.05, 0.1) is 0 Å². The summed E-state index contributed by atoms with van der Waals surface area (Å²) >= 11 is 0. The second-order valence-corrected chi connectivity index (χ2v) is 2.95. The zero-order chi connectivity index (χ0) is 9.68. The Morgan fingerprint density at radius 2 is 2.46 bits per heavy atom. The molecule has 0 aromatic heterocycles. The van der Waals surface area contributed by atoms with E-state index in [0.29, 0.717) is 6.42 Å². The molecule has 0 aliphatic heterocycles.